The summed E-state index contributed by atoms with van der Waals surface area (Å²) >= 11 is 5.98. The highest BCUT2D eigenvalue weighted by Gasteiger charge is 2.30. The summed E-state index contributed by atoms with van der Waals surface area (Å²) in [6, 6.07) is 9.46. The van der Waals surface area contributed by atoms with Crippen molar-refractivity contribution in [2.24, 2.45) is 7.05 Å². The quantitative estimate of drug-likeness (QED) is 0.462. The number of halogens is 1. The second-order valence-electron chi connectivity index (χ2n) is 8.76. The largest absolute Gasteiger partial charge is 0.352 e. The van der Waals surface area contributed by atoms with Crippen molar-refractivity contribution in [2.45, 2.75) is 25.9 Å². The number of hydrogen-bond donors (Lipinski definition) is 2. The van der Waals surface area contributed by atoms with Crippen LogP contribution in [0.3, 0.4) is 0 Å². The van der Waals surface area contributed by atoms with Gasteiger partial charge in [0.1, 0.15) is 17.8 Å². The van der Waals surface area contributed by atoms with Crippen LogP contribution in [-0.2, 0) is 7.05 Å². The summed E-state index contributed by atoms with van der Waals surface area (Å²) in [7, 11) is 1.89. The number of anilines is 1. The van der Waals surface area contributed by atoms with Crippen LogP contribution in [-0.4, -0.2) is 61.3 Å². The summed E-state index contributed by atoms with van der Waals surface area (Å²) in [5.41, 5.74) is 3.75. The van der Waals surface area contributed by atoms with Crippen LogP contribution in [0.2, 0.25) is 5.02 Å². The molecule has 10 heteroatoms. The molecule has 9 nitrogen and oxygen atoms in total. The maximum absolute atomic E-state index is 13.0. The molecule has 0 radical (unpaired) electrons. The van der Waals surface area contributed by atoms with Gasteiger partial charge in [0.15, 0.2) is 0 Å². The molecule has 1 saturated heterocycles. The number of nitrogens with zero attached hydrogens (tertiary/aromatic N) is 6. The average Bonchev–Trinajstić information content (AvgIpc) is 3.45. The number of aromatic nitrogens is 5. The predicted octanol–water partition coefficient (Wildman–Crippen LogP) is 3.99. The van der Waals surface area contributed by atoms with E-state index in [1.54, 1.807) is 11.0 Å². The molecule has 1 aliphatic heterocycles. The molecular formula is C24H27ClN8O. The van der Waals surface area contributed by atoms with E-state index in [1.807, 2.05) is 55.5 Å². The average molecular weight is 479 g/mol. The first-order valence-corrected chi connectivity index (χ1v) is 11.7. The third-order valence-corrected chi connectivity index (χ3v) is 6.57. The van der Waals surface area contributed by atoms with Gasteiger partial charge in [0, 0.05) is 49.5 Å². The van der Waals surface area contributed by atoms with E-state index in [2.05, 4.69) is 43.3 Å². The zero-order valence-electron chi connectivity index (χ0n) is 19.4. The van der Waals surface area contributed by atoms with E-state index in [4.69, 9.17) is 11.6 Å². The topological polar surface area (TPSA) is 95.0 Å². The SMILES string of the molecule is C[C@H](NC(=O)N1CCN(c2ncnc3[nH]c(-c4cnn(C)c4)cc23)C[C@H]1C)c1ccc(Cl)cc1. The number of piperazine rings is 1. The first-order valence-electron chi connectivity index (χ1n) is 11.3. The standard InChI is InChI=1S/C24H27ClN8O/c1-15-12-32(8-9-33(15)24(34)29-16(2)17-4-6-19(25)7-5-17)23-20-10-21(18-11-28-31(3)13-18)30-22(20)26-14-27-23/h4-7,10-11,13-16H,8-9,12H2,1-3H3,(H,29,34)(H,26,27,30)/t15-,16+/m1/s1. The third-order valence-electron chi connectivity index (χ3n) is 6.32. The normalized spacial score (nSPS) is 17.2. The zero-order valence-corrected chi connectivity index (χ0v) is 20.1. The van der Waals surface area contributed by atoms with Crippen LogP contribution >= 0.6 is 11.6 Å². The maximum atomic E-state index is 13.0. The van der Waals surface area contributed by atoms with Gasteiger partial charge in [-0.05, 0) is 37.6 Å². The van der Waals surface area contributed by atoms with Gasteiger partial charge in [-0.2, -0.15) is 5.10 Å². The minimum Gasteiger partial charge on any atom is -0.352 e. The molecule has 34 heavy (non-hydrogen) atoms. The fourth-order valence-corrected chi connectivity index (χ4v) is 4.58. The Morgan fingerprint density at radius 1 is 1.24 bits per heavy atom. The number of urea groups is 1. The molecule has 4 heterocycles. The number of H-pyrrole nitrogens is 1. The van der Waals surface area contributed by atoms with E-state index in [0.717, 1.165) is 33.7 Å². The van der Waals surface area contributed by atoms with Gasteiger partial charge in [-0.3, -0.25) is 4.68 Å². The Hall–Kier alpha value is -3.59. The first kappa shape index (κ1) is 22.2. The number of carbonyl (C=O) groups excluding carboxylic acids is 1. The predicted molar refractivity (Wildman–Crippen MR) is 133 cm³/mol. The van der Waals surface area contributed by atoms with Crippen molar-refractivity contribution < 1.29 is 4.79 Å². The number of carbonyl (C=O) groups is 1. The lowest BCUT2D eigenvalue weighted by molar-refractivity contribution is 0.168. The zero-order chi connectivity index (χ0) is 23.8. The fraction of sp³-hybridized carbons (Fsp3) is 0.333. The van der Waals surface area contributed by atoms with Gasteiger partial charge < -0.3 is 20.1 Å². The molecule has 1 aromatic carbocycles. The summed E-state index contributed by atoms with van der Waals surface area (Å²) in [4.78, 5) is 29.5. The molecule has 2 amide bonds. The van der Waals surface area contributed by atoms with Crippen molar-refractivity contribution in [3.63, 3.8) is 0 Å². The minimum atomic E-state index is -0.109. The molecule has 0 bridgehead atoms. The summed E-state index contributed by atoms with van der Waals surface area (Å²) in [5.74, 6) is 0.873. The van der Waals surface area contributed by atoms with Crippen molar-refractivity contribution in [1.82, 2.24) is 34.9 Å². The molecule has 0 saturated carbocycles. The van der Waals surface area contributed by atoms with E-state index in [9.17, 15) is 4.79 Å². The van der Waals surface area contributed by atoms with Crippen molar-refractivity contribution in [3.05, 3.63) is 59.6 Å². The molecule has 2 atom stereocenters. The highest BCUT2D eigenvalue weighted by Crippen LogP contribution is 2.30. The molecule has 5 rings (SSSR count). The van der Waals surface area contributed by atoms with Gasteiger partial charge in [0.05, 0.1) is 23.3 Å². The van der Waals surface area contributed by atoms with Gasteiger partial charge in [0.2, 0.25) is 0 Å². The van der Waals surface area contributed by atoms with Crippen LogP contribution in [0.15, 0.2) is 49.1 Å². The number of benzene rings is 1. The van der Waals surface area contributed by atoms with E-state index >= 15 is 0 Å². The van der Waals surface area contributed by atoms with Crippen molar-refractivity contribution >= 4 is 34.5 Å². The summed E-state index contributed by atoms with van der Waals surface area (Å²) in [5, 5.41) is 9.01. The molecule has 3 aromatic heterocycles. The van der Waals surface area contributed by atoms with E-state index in [1.165, 1.54) is 0 Å². The molecule has 4 aromatic rings. The van der Waals surface area contributed by atoms with Gasteiger partial charge >= 0.3 is 6.03 Å². The summed E-state index contributed by atoms with van der Waals surface area (Å²) < 4.78 is 1.77. The van der Waals surface area contributed by atoms with Crippen molar-refractivity contribution in [2.75, 3.05) is 24.5 Å². The smallest absolute Gasteiger partial charge is 0.318 e. The Morgan fingerprint density at radius 2 is 2.03 bits per heavy atom. The first-order chi connectivity index (χ1) is 16.4. The van der Waals surface area contributed by atoms with Crippen LogP contribution in [0.5, 0.6) is 0 Å². The minimum absolute atomic E-state index is 0.0212. The van der Waals surface area contributed by atoms with E-state index in [-0.39, 0.29) is 18.1 Å². The fourth-order valence-electron chi connectivity index (χ4n) is 4.45. The molecule has 0 spiro atoms. The number of amides is 2. The molecule has 1 fully saturated rings. The van der Waals surface area contributed by atoms with Gasteiger partial charge in [0.25, 0.3) is 0 Å². The Labute approximate surface area is 202 Å². The van der Waals surface area contributed by atoms with E-state index < -0.39 is 0 Å². The van der Waals surface area contributed by atoms with Crippen LogP contribution in [0.4, 0.5) is 10.6 Å². The van der Waals surface area contributed by atoms with Crippen molar-refractivity contribution in [1.29, 1.82) is 0 Å². The highest BCUT2D eigenvalue weighted by molar-refractivity contribution is 6.30. The lowest BCUT2D eigenvalue weighted by Gasteiger charge is -2.40. The van der Waals surface area contributed by atoms with Gasteiger partial charge in [-0.25, -0.2) is 14.8 Å². The molecule has 0 unspecified atom stereocenters. The summed E-state index contributed by atoms with van der Waals surface area (Å²) in [6.45, 7) is 6.02. The molecule has 176 valence electrons. The van der Waals surface area contributed by atoms with E-state index in [0.29, 0.717) is 24.7 Å². The number of rotatable bonds is 4. The van der Waals surface area contributed by atoms with Crippen LogP contribution in [0, 0.1) is 0 Å². The molecule has 2 N–H and O–H groups in total. The summed E-state index contributed by atoms with van der Waals surface area (Å²) in [6.07, 6.45) is 5.36. The number of fused-ring (bicyclic) bond motifs is 1. The third kappa shape index (κ3) is 4.31. The van der Waals surface area contributed by atoms with Crippen LogP contribution in [0.1, 0.15) is 25.5 Å². The lowest BCUT2D eigenvalue weighted by Crippen LogP contribution is -2.57. The maximum Gasteiger partial charge on any atom is 0.318 e. The highest BCUT2D eigenvalue weighted by atomic mass is 35.5. The number of aromatic amines is 1. The van der Waals surface area contributed by atoms with Crippen LogP contribution in [0.25, 0.3) is 22.3 Å². The Kier molecular flexibility index (Phi) is 5.87. The van der Waals surface area contributed by atoms with Gasteiger partial charge in [-0.1, -0.05) is 23.7 Å². The molecule has 0 aliphatic carbocycles. The molecular weight excluding hydrogens is 452 g/mol. The Bertz CT molecular complexity index is 1310. The second-order valence-corrected chi connectivity index (χ2v) is 9.19. The van der Waals surface area contributed by atoms with Crippen LogP contribution < -0.4 is 10.2 Å². The molecule has 1 aliphatic rings. The number of aryl methyl sites for hydroxylation is 1. The lowest BCUT2D eigenvalue weighted by atomic mass is 10.1. The number of hydrogen-bond acceptors (Lipinski definition) is 5. The number of nitrogens with one attached hydrogen (secondary N) is 2. The Balaban J connectivity index is 1.29. The second kappa shape index (κ2) is 8.98. The van der Waals surface area contributed by atoms with Gasteiger partial charge in [-0.15, -0.1) is 0 Å². The van der Waals surface area contributed by atoms with Crippen molar-refractivity contribution in [3.8, 4) is 11.3 Å². The monoisotopic (exact) mass is 478 g/mol. The Morgan fingerprint density at radius 3 is 2.74 bits per heavy atom.